The van der Waals surface area contributed by atoms with E-state index >= 15 is 0 Å². The minimum Gasteiger partial charge on any atom is -0.507 e. The van der Waals surface area contributed by atoms with E-state index < -0.39 is 0 Å². The molecule has 0 unspecified atom stereocenters. The van der Waals surface area contributed by atoms with Crippen LogP contribution in [0.1, 0.15) is 31.1 Å². The van der Waals surface area contributed by atoms with Crippen molar-refractivity contribution < 1.29 is 9.90 Å². The maximum atomic E-state index is 11.8. The highest BCUT2D eigenvalue weighted by molar-refractivity contribution is 14.1. The molecular formula is C12H16IN3O2S. The lowest BCUT2D eigenvalue weighted by molar-refractivity contribution is 0.0943. The van der Waals surface area contributed by atoms with Crippen molar-refractivity contribution >= 4 is 45.8 Å². The number of hydrogen-bond acceptors (Lipinski definition) is 3. The fourth-order valence-corrected chi connectivity index (χ4v) is 1.90. The summed E-state index contributed by atoms with van der Waals surface area (Å²) in [5.74, 6) is -0.298. The van der Waals surface area contributed by atoms with E-state index in [0.717, 1.165) is 0 Å². The van der Waals surface area contributed by atoms with Crippen molar-refractivity contribution in [3.63, 3.8) is 0 Å². The first-order valence-electron chi connectivity index (χ1n) is 5.56. The van der Waals surface area contributed by atoms with Crippen LogP contribution in [0.15, 0.2) is 18.2 Å². The molecule has 0 aliphatic heterocycles. The van der Waals surface area contributed by atoms with Crippen LogP contribution < -0.4 is 16.2 Å². The molecule has 0 radical (unpaired) electrons. The number of phenols is 1. The zero-order chi connectivity index (χ0) is 14.6. The smallest absolute Gasteiger partial charge is 0.269 e. The van der Waals surface area contributed by atoms with Crippen molar-refractivity contribution in [1.29, 1.82) is 0 Å². The van der Waals surface area contributed by atoms with Crippen LogP contribution in [-0.4, -0.2) is 21.7 Å². The Morgan fingerprint density at radius 3 is 2.47 bits per heavy atom. The minimum atomic E-state index is -0.371. The summed E-state index contributed by atoms with van der Waals surface area (Å²) in [6.07, 6.45) is 0. The first kappa shape index (κ1) is 16.0. The Morgan fingerprint density at radius 1 is 1.32 bits per heavy atom. The van der Waals surface area contributed by atoms with Gasteiger partial charge in [-0.05, 0) is 73.8 Å². The largest absolute Gasteiger partial charge is 0.507 e. The van der Waals surface area contributed by atoms with Crippen LogP contribution in [-0.2, 0) is 0 Å². The van der Waals surface area contributed by atoms with Gasteiger partial charge in [0.1, 0.15) is 5.75 Å². The van der Waals surface area contributed by atoms with E-state index in [-0.39, 0.29) is 17.2 Å². The Labute approximate surface area is 131 Å². The first-order chi connectivity index (χ1) is 8.69. The van der Waals surface area contributed by atoms with E-state index in [1.165, 1.54) is 6.07 Å². The molecule has 0 saturated carbocycles. The summed E-state index contributed by atoms with van der Waals surface area (Å²) < 4.78 is 0.687. The van der Waals surface area contributed by atoms with Crippen molar-refractivity contribution in [1.82, 2.24) is 16.2 Å². The van der Waals surface area contributed by atoms with Crippen LogP contribution >= 0.6 is 34.8 Å². The van der Waals surface area contributed by atoms with Crippen molar-refractivity contribution in [3.8, 4) is 5.75 Å². The van der Waals surface area contributed by atoms with Crippen LogP contribution in [0.3, 0.4) is 0 Å². The number of aromatic hydroxyl groups is 1. The summed E-state index contributed by atoms with van der Waals surface area (Å²) in [4.78, 5) is 11.8. The molecular weight excluding hydrogens is 377 g/mol. The number of amides is 1. The summed E-state index contributed by atoms with van der Waals surface area (Å²) in [6, 6.07) is 4.69. The van der Waals surface area contributed by atoms with Crippen molar-refractivity contribution in [2.75, 3.05) is 0 Å². The highest BCUT2D eigenvalue weighted by Gasteiger charge is 2.12. The zero-order valence-electron chi connectivity index (χ0n) is 10.9. The number of halogens is 1. The third kappa shape index (κ3) is 5.60. The van der Waals surface area contributed by atoms with Crippen molar-refractivity contribution in [2.45, 2.75) is 26.3 Å². The Kier molecular flexibility index (Phi) is 5.36. The lowest BCUT2D eigenvalue weighted by Crippen LogP contribution is -2.52. The molecule has 0 spiro atoms. The number of thiocarbonyl (C=S) groups is 1. The van der Waals surface area contributed by atoms with Crippen LogP contribution in [0.5, 0.6) is 5.75 Å². The highest BCUT2D eigenvalue weighted by Crippen LogP contribution is 2.20. The Bertz CT molecular complexity index is 500. The van der Waals surface area contributed by atoms with E-state index in [1.54, 1.807) is 12.1 Å². The number of carbonyl (C=O) groups excluding carboxylic acids is 1. The molecule has 19 heavy (non-hydrogen) atoms. The van der Waals surface area contributed by atoms with E-state index in [2.05, 4.69) is 16.2 Å². The standard InChI is InChI=1S/C12H16IN3O2S/c1-12(2,3)14-11(19)16-15-10(18)7-4-5-8(13)9(17)6-7/h4-6,17H,1-3H3,(H,15,18)(H2,14,16,19). The number of carbonyl (C=O) groups is 1. The first-order valence-corrected chi connectivity index (χ1v) is 7.05. The molecule has 0 aliphatic carbocycles. The summed E-state index contributed by atoms with van der Waals surface area (Å²) in [6.45, 7) is 5.87. The molecule has 0 aromatic heterocycles. The highest BCUT2D eigenvalue weighted by atomic mass is 127. The van der Waals surface area contributed by atoms with Gasteiger partial charge in [0.05, 0.1) is 3.57 Å². The maximum absolute atomic E-state index is 11.8. The quantitative estimate of drug-likeness (QED) is 0.333. The molecule has 0 heterocycles. The predicted molar refractivity (Wildman–Crippen MR) is 86.9 cm³/mol. The molecule has 1 amide bonds. The summed E-state index contributed by atoms with van der Waals surface area (Å²) in [5, 5.41) is 12.9. The summed E-state index contributed by atoms with van der Waals surface area (Å²) in [7, 11) is 0. The number of hydrogen-bond donors (Lipinski definition) is 4. The van der Waals surface area contributed by atoms with E-state index in [1.807, 2.05) is 43.4 Å². The van der Waals surface area contributed by atoms with E-state index in [9.17, 15) is 9.90 Å². The van der Waals surface area contributed by atoms with Gasteiger partial charge in [-0.1, -0.05) is 0 Å². The van der Waals surface area contributed by atoms with Gasteiger partial charge in [-0.15, -0.1) is 0 Å². The van der Waals surface area contributed by atoms with Gasteiger partial charge in [0.2, 0.25) is 0 Å². The van der Waals surface area contributed by atoms with Gasteiger partial charge >= 0.3 is 0 Å². The van der Waals surface area contributed by atoms with Gasteiger partial charge in [0.15, 0.2) is 5.11 Å². The molecule has 7 heteroatoms. The topological polar surface area (TPSA) is 73.4 Å². The normalized spacial score (nSPS) is 10.7. The number of benzene rings is 1. The Morgan fingerprint density at radius 2 is 1.95 bits per heavy atom. The van der Waals surface area contributed by atoms with Crippen LogP contribution in [0.2, 0.25) is 0 Å². The zero-order valence-corrected chi connectivity index (χ0v) is 13.8. The van der Waals surface area contributed by atoms with Crippen LogP contribution in [0.4, 0.5) is 0 Å². The molecule has 5 nitrogen and oxygen atoms in total. The minimum absolute atomic E-state index is 0.0728. The van der Waals surface area contributed by atoms with Gasteiger partial charge in [-0.3, -0.25) is 15.6 Å². The molecule has 4 N–H and O–H groups in total. The van der Waals surface area contributed by atoms with Gasteiger partial charge in [0.25, 0.3) is 5.91 Å². The number of phenolic OH excluding ortho intramolecular Hbond substituents is 1. The number of hydrazine groups is 1. The molecule has 0 saturated heterocycles. The van der Waals surface area contributed by atoms with Gasteiger partial charge in [0, 0.05) is 11.1 Å². The second-order valence-electron chi connectivity index (χ2n) is 4.95. The van der Waals surface area contributed by atoms with Gasteiger partial charge in [-0.2, -0.15) is 0 Å². The second kappa shape index (κ2) is 6.38. The SMILES string of the molecule is CC(C)(C)NC(=S)NNC(=O)c1ccc(I)c(O)c1. The van der Waals surface area contributed by atoms with Crippen molar-refractivity contribution in [2.24, 2.45) is 0 Å². The molecule has 0 aliphatic rings. The number of nitrogens with one attached hydrogen (secondary N) is 3. The summed E-state index contributed by atoms with van der Waals surface area (Å²) in [5.41, 5.74) is 5.24. The van der Waals surface area contributed by atoms with Crippen LogP contribution in [0, 0.1) is 3.57 Å². The second-order valence-corrected chi connectivity index (χ2v) is 6.52. The number of rotatable bonds is 1. The third-order valence-electron chi connectivity index (χ3n) is 1.99. The fourth-order valence-electron chi connectivity index (χ4n) is 1.21. The van der Waals surface area contributed by atoms with Gasteiger partial charge in [-0.25, -0.2) is 0 Å². The molecule has 104 valence electrons. The molecule has 1 rings (SSSR count). The fraction of sp³-hybridized carbons (Fsp3) is 0.333. The molecule has 0 atom stereocenters. The molecule has 1 aromatic carbocycles. The van der Waals surface area contributed by atoms with Crippen LogP contribution in [0.25, 0.3) is 0 Å². The van der Waals surface area contributed by atoms with E-state index in [4.69, 9.17) is 12.2 Å². The monoisotopic (exact) mass is 393 g/mol. The average molecular weight is 393 g/mol. The molecule has 1 aromatic rings. The van der Waals surface area contributed by atoms with E-state index in [0.29, 0.717) is 14.2 Å². The Balaban J connectivity index is 2.56. The lowest BCUT2D eigenvalue weighted by atomic mass is 10.1. The lowest BCUT2D eigenvalue weighted by Gasteiger charge is -2.23. The summed E-state index contributed by atoms with van der Waals surface area (Å²) >= 11 is 7.01. The Hall–Kier alpha value is -1.09. The molecule has 0 bridgehead atoms. The molecule has 0 fully saturated rings. The van der Waals surface area contributed by atoms with Gasteiger partial charge < -0.3 is 10.4 Å². The maximum Gasteiger partial charge on any atom is 0.269 e. The predicted octanol–water partition coefficient (Wildman–Crippen LogP) is 1.90. The van der Waals surface area contributed by atoms with Crippen molar-refractivity contribution in [3.05, 3.63) is 27.3 Å². The average Bonchev–Trinajstić information content (AvgIpc) is 2.27. The third-order valence-corrected chi connectivity index (χ3v) is 3.10.